The number of anilines is 1. The smallest absolute Gasteiger partial charge is 0.317 e. The summed E-state index contributed by atoms with van der Waals surface area (Å²) in [5.41, 5.74) is 0.812. The van der Waals surface area contributed by atoms with Crippen LogP contribution in [-0.2, 0) is 9.84 Å². The molecule has 1 N–H and O–H groups in total. The van der Waals surface area contributed by atoms with Crippen LogP contribution in [0, 0.1) is 5.82 Å². The third-order valence-electron chi connectivity index (χ3n) is 4.30. The zero-order valence-electron chi connectivity index (χ0n) is 12.7. The summed E-state index contributed by atoms with van der Waals surface area (Å²) in [6.07, 6.45) is 0.483. The Hall–Kier alpha value is -1.83. The summed E-state index contributed by atoms with van der Waals surface area (Å²) in [6.45, 7) is 2.31. The Morgan fingerprint density at radius 2 is 1.96 bits per heavy atom. The number of halogens is 1. The molecule has 6 nitrogen and oxygen atoms in total. The number of rotatable bonds is 2. The Kier molecular flexibility index (Phi) is 4.43. The van der Waals surface area contributed by atoms with Gasteiger partial charge in [-0.25, -0.2) is 17.6 Å². The van der Waals surface area contributed by atoms with Crippen molar-refractivity contribution in [1.29, 1.82) is 0 Å². The summed E-state index contributed by atoms with van der Waals surface area (Å²) in [6, 6.07) is 5.91. The fraction of sp³-hybridized carbons (Fsp3) is 0.533. The summed E-state index contributed by atoms with van der Waals surface area (Å²) >= 11 is 0. The largest absolute Gasteiger partial charge is 0.368 e. The standard InChI is InChI=1S/C15H20FN3O3S/c16-12-2-1-3-14(10-12)18-5-7-19(8-6-18)15(20)17-13-4-9-23(21,22)11-13/h1-3,10,13H,4-9,11H2,(H,17,20). The van der Waals surface area contributed by atoms with E-state index in [1.807, 2.05) is 11.0 Å². The van der Waals surface area contributed by atoms with Crippen molar-refractivity contribution in [2.45, 2.75) is 12.5 Å². The highest BCUT2D eigenvalue weighted by Gasteiger charge is 2.30. The van der Waals surface area contributed by atoms with Crippen LogP contribution in [-0.4, -0.2) is 63.1 Å². The van der Waals surface area contributed by atoms with Crippen LogP contribution < -0.4 is 10.2 Å². The number of carbonyl (C=O) groups excluding carboxylic acids is 1. The summed E-state index contributed by atoms with van der Waals surface area (Å²) < 4.78 is 36.1. The Bertz CT molecular complexity index is 687. The van der Waals surface area contributed by atoms with Crippen LogP contribution >= 0.6 is 0 Å². The summed E-state index contributed by atoms with van der Waals surface area (Å²) in [7, 11) is -3.00. The Morgan fingerprint density at radius 1 is 1.22 bits per heavy atom. The second-order valence-electron chi connectivity index (χ2n) is 6.00. The van der Waals surface area contributed by atoms with Gasteiger partial charge in [-0.15, -0.1) is 0 Å². The van der Waals surface area contributed by atoms with Crippen LogP contribution in [0.25, 0.3) is 0 Å². The third-order valence-corrected chi connectivity index (χ3v) is 6.07. The molecule has 2 aliphatic rings. The molecule has 2 fully saturated rings. The zero-order valence-corrected chi connectivity index (χ0v) is 13.6. The summed E-state index contributed by atoms with van der Waals surface area (Å²) in [4.78, 5) is 15.9. The molecule has 2 saturated heterocycles. The predicted octanol–water partition coefficient (Wildman–Crippen LogP) is 0.844. The van der Waals surface area contributed by atoms with Gasteiger partial charge in [-0.05, 0) is 24.6 Å². The fourth-order valence-electron chi connectivity index (χ4n) is 3.02. The number of nitrogens with zero attached hydrogens (tertiary/aromatic N) is 2. The molecule has 0 aliphatic carbocycles. The third kappa shape index (κ3) is 3.93. The molecule has 126 valence electrons. The topological polar surface area (TPSA) is 69.7 Å². The molecular weight excluding hydrogens is 321 g/mol. The summed E-state index contributed by atoms with van der Waals surface area (Å²) in [5, 5.41) is 2.80. The van der Waals surface area contributed by atoms with E-state index >= 15 is 0 Å². The van der Waals surface area contributed by atoms with E-state index in [0.29, 0.717) is 32.6 Å². The van der Waals surface area contributed by atoms with E-state index in [0.717, 1.165) is 5.69 Å². The van der Waals surface area contributed by atoms with Crippen LogP contribution in [0.1, 0.15) is 6.42 Å². The highest BCUT2D eigenvalue weighted by Crippen LogP contribution is 2.18. The molecule has 1 unspecified atom stereocenters. The summed E-state index contributed by atoms with van der Waals surface area (Å²) in [5.74, 6) is -0.0991. The first-order valence-electron chi connectivity index (χ1n) is 7.69. The number of nitrogens with one attached hydrogen (secondary N) is 1. The molecule has 2 aliphatic heterocycles. The highest BCUT2D eigenvalue weighted by molar-refractivity contribution is 7.91. The van der Waals surface area contributed by atoms with Crippen LogP contribution in [0.4, 0.5) is 14.9 Å². The van der Waals surface area contributed by atoms with Gasteiger partial charge in [-0.2, -0.15) is 0 Å². The maximum Gasteiger partial charge on any atom is 0.317 e. The molecule has 23 heavy (non-hydrogen) atoms. The van der Waals surface area contributed by atoms with Crippen LogP contribution in [0.2, 0.25) is 0 Å². The van der Waals surface area contributed by atoms with Crippen molar-refractivity contribution in [3.63, 3.8) is 0 Å². The number of sulfone groups is 1. The predicted molar refractivity (Wildman–Crippen MR) is 85.8 cm³/mol. The van der Waals surface area contributed by atoms with Crippen molar-refractivity contribution >= 4 is 21.6 Å². The van der Waals surface area contributed by atoms with Gasteiger partial charge in [0.1, 0.15) is 5.82 Å². The van der Waals surface area contributed by atoms with Crippen molar-refractivity contribution in [3.8, 4) is 0 Å². The van der Waals surface area contributed by atoms with Gasteiger partial charge in [-0.3, -0.25) is 0 Å². The number of carbonyl (C=O) groups is 1. The van der Waals surface area contributed by atoms with Crippen LogP contribution in [0.5, 0.6) is 0 Å². The lowest BCUT2D eigenvalue weighted by atomic mass is 10.2. The van der Waals surface area contributed by atoms with Crippen molar-refractivity contribution < 1.29 is 17.6 Å². The van der Waals surface area contributed by atoms with Crippen LogP contribution in [0.3, 0.4) is 0 Å². The van der Waals surface area contributed by atoms with E-state index < -0.39 is 9.84 Å². The van der Waals surface area contributed by atoms with Gasteiger partial charge in [0, 0.05) is 37.9 Å². The normalized spacial score (nSPS) is 23.8. The molecule has 0 bridgehead atoms. The molecule has 8 heteroatoms. The van der Waals surface area contributed by atoms with Crippen molar-refractivity contribution in [2.24, 2.45) is 0 Å². The monoisotopic (exact) mass is 341 g/mol. The lowest BCUT2D eigenvalue weighted by molar-refractivity contribution is 0.191. The number of amides is 2. The van der Waals surface area contributed by atoms with Crippen molar-refractivity contribution in [2.75, 3.05) is 42.6 Å². The number of hydrogen-bond acceptors (Lipinski definition) is 4. The minimum absolute atomic E-state index is 0.0298. The first-order valence-corrected chi connectivity index (χ1v) is 9.51. The van der Waals surface area contributed by atoms with Gasteiger partial charge < -0.3 is 15.1 Å². The maximum absolute atomic E-state index is 13.3. The molecule has 0 radical (unpaired) electrons. The number of hydrogen-bond donors (Lipinski definition) is 1. The second-order valence-corrected chi connectivity index (χ2v) is 8.23. The minimum Gasteiger partial charge on any atom is -0.368 e. The molecule has 0 saturated carbocycles. The Balaban J connectivity index is 1.51. The molecule has 1 aromatic rings. The van der Waals surface area contributed by atoms with Gasteiger partial charge >= 0.3 is 6.03 Å². The minimum atomic E-state index is -3.00. The van der Waals surface area contributed by atoms with Gasteiger partial charge in [0.05, 0.1) is 11.5 Å². The van der Waals surface area contributed by atoms with Gasteiger partial charge in [-0.1, -0.05) is 6.07 Å². The highest BCUT2D eigenvalue weighted by atomic mass is 32.2. The van der Waals surface area contributed by atoms with E-state index in [4.69, 9.17) is 0 Å². The van der Waals surface area contributed by atoms with Gasteiger partial charge in [0.25, 0.3) is 0 Å². The number of benzene rings is 1. The molecule has 3 rings (SSSR count). The SMILES string of the molecule is O=C(NC1CCS(=O)(=O)C1)N1CCN(c2cccc(F)c2)CC1. The fourth-order valence-corrected chi connectivity index (χ4v) is 4.69. The average Bonchev–Trinajstić information content (AvgIpc) is 2.86. The molecule has 0 spiro atoms. The van der Waals surface area contributed by atoms with Crippen LogP contribution in [0.15, 0.2) is 24.3 Å². The second kappa shape index (κ2) is 6.35. The molecule has 0 aromatic heterocycles. The molecule has 1 aromatic carbocycles. The van der Waals surface area contributed by atoms with E-state index in [-0.39, 0.29) is 29.4 Å². The lowest BCUT2D eigenvalue weighted by Gasteiger charge is -2.36. The first kappa shape index (κ1) is 16.0. The lowest BCUT2D eigenvalue weighted by Crippen LogP contribution is -2.53. The van der Waals surface area contributed by atoms with Crippen molar-refractivity contribution in [3.05, 3.63) is 30.1 Å². The van der Waals surface area contributed by atoms with E-state index in [1.165, 1.54) is 12.1 Å². The van der Waals surface area contributed by atoms with Gasteiger partial charge in [0.15, 0.2) is 9.84 Å². The quantitative estimate of drug-likeness (QED) is 0.866. The molecule has 2 amide bonds. The van der Waals surface area contributed by atoms with E-state index in [9.17, 15) is 17.6 Å². The molecular formula is C15H20FN3O3S. The van der Waals surface area contributed by atoms with E-state index in [1.54, 1.807) is 11.0 Å². The Labute approximate surface area is 135 Å². The average molecular weight is 341 g/mol. The number of urea groups is 1. The van der Waals surface area contributed by atoms with E-state index in [2.05, 4.69) is 5.32 Å². The first-order chi connectivity index (χ1) is 10.9. The maximum atomic E-state index is 13.3. The molecule has 1 atom stereocenters. The van der Waals surface area contributed by atoms with Gasteiger partial charge in [0.2, 0.25) is 0 Å². The number of piperazine rings is 1. The Morgan fingerprint density at radius 3 is 2.57 bits per heavy atom. The zero-order chi connectivity index (χ0) is 16.4. The van der Waals surface area contributed by atoms with Crippen molar-refractivity contribution in [1.82, 2.24) is 10.2 Å². The molecule has 2 heterocycles.